The second-order valence-electron chi connectivity index (χ2n) is 6.96. The van der Waals surface area contributed by atoms with E-state index >= 15 is 0 Å². The van der Waals surface area contributed by atoms with Gasteiger partial charge in [-0.25, -0.2) is 8.93 Å². The first-order valence-electron chi connectivity index (χ1n) is 7.26. The lowest BCUT2D eigenvalue weighted by Gasteiger charge is -2.42. The summed E-state index contributed by atoms with van der Waals surface area (Å²) in [5, 5.41) is 0. The van der Waals surface area contributed by atoms with Crippen LogP contribution in [-0.4, -0.2) is 16.0 Å². The zero-order valence-electron chi connectivity index (χ0n) is 13.4. The molecule has 3 unspecified atom stereocenters. The molecule has 0 spiro atoms. The van der Waals surface area contributed by atoms with Gasteiger partial charge < -0.3 is 0 Å². The molecule has 1 N–H and O–H groups in total. The van der Waals surface area contributed by atoms with Gasteiger partial charge in [0.25, 0.3) is 0 Å². The van der Waals surface area contributed by atoms with E-state index in [1.807, 2.05) is 0 Å². The van der Waals surface area contributed by atoms with Gasteiger partial charge in [-0.05, 0) is 31.1 Å². The lowest BCUT2D eigenvalue weighted by molar-refractivity contribution is 0.166. The molecule has 0 rings (SSSR count). The molecule has 0 aromatic heterocycles. The van der Waals surface area contributed by atoms with Crippen LogP contribution in [0.3, 0.4) is 0 Å². The molecule has 0 aromatic rings. The molecular formula is C15H33NOS. The van der Waals surface area contributed by atoms with Gasteiger partial charge in [0.1, 0.15) is 0 Å². The zero-order chi connectivity index (χ0) is 14.4. The maximum Gasteiger partial charge on any atom is 0.0888 e. The second-order valence-corrected chi connectivity index (χ2v) is 8.07. The summed E-state index contributed by atoms with van der Waals surface area (Å²) in [6.07, 6.45) is 7.67. The van der Waals surface area contributed by atoms with Gasteiger partial charge in [0, 0.05) is 11.8 Å². The average molecular weight is 276 g/mol. The van der Waals surface area contributed by atoms with Crippen LogP contribution in [0, 0.1) is 11.3 Å². The van der Waals surface area contributed by atoms with Crippen molar-refractivity contribution in [2.75, 3.05) is 6.26 Å². The maximum absolute atomic E-state index is 11.6. The summed E-state index contributed by atoms with van der Waals surface area (Å²) in [6.45, 7) is 13.5. The highest BCUT2D eigenvalue weighted by Gasteiger charge is 2.36. The Kier molecular flexibility index (Phi) is 7.69. The SMILES string of the molecule is CCCCC(CC)C(C)(CC(C)(C)C)NS(C)=O. The molecule has 3 atom stereocenters. The standard InChI is InChI=1S/C15H33NOS/c1-8-10-11-13(9-2)15(6,16-18(7)17)12-14(3,4)5/h13,16H,8-12H2,1-7H3. The molecule has 0 saturated heterocycles. The Morgan fingerprint density at radius 2 is 1.72 bits per heavy atom. The van der Waals surface area contributed by atoms with E-state index in [1.165, 1.54) is 19.3 Å². The first kappa shape index (κ1) is 18.1. The molecule has 0 radical (unpaired) electrons. The number of hydrogen-bond donors (Lipinski definition) is 1. The first-order valence-corrected chi connectivity index (χ1v) is 8.81. The summed E-state index contributed by atoms with van der Waals surface area (Å²) in [5.74, 6) is 0.598. The summed E-state index contributed by atoms with van der Waals surface area (Å²) in [4.78, 5) is 0. The van der Waals surface area contributed by atoms with Crippen LogP contribution in [0.5, 0.6) is 0 Å². The minimum absolute atomic E-state index is 0.0260. The van der Waals surface area contributed by atoms with Crippen molar-refractivity contribution in [3.63, 3.8) is 0 Å². The van der Waals surface area contributed by atoms with Gasteiger partial charge in [-0.15, -0.1) is 0 Å². The zero-order valence-corrected chi connectivity index (χ0v) is 14.2. The lowest BCUT2D eigenvalue weighted by Crippen LogP contribution is -2.51. The fourth-order valence-electron chi connectivity index (χ4n) is 3.12. The third-order valence-corrected chi connectivity index (χ3v) is 4.33. The molecule has 110 valence electrons. The molecule has 0 saturated carbocycles. The molecule has 0 aliphatic rings. The molecule has 0 bridgehead atoms. The van der Waals surface area contributed by atoms with Crippen molar-refractivity contribution in [1.82, 2.24) is 4.72 Å². The van der Waals surface area contributed by atoms with Gasteiger partial charge in [-0.3, -0.25) is 0 Å². The summed E-state index contributed by atoms with van der Waals surface area (Å²) < 4.78 is 15.0. The van der Waals surface area contributed by atoms with E-state index in [0.717, 1.165) is 12.8 Å². The molecule has 0 heterocycles. The number of rotatable bonds is 8. The monoisotopic (exact) mass is 275 g/mol. The van der Waals surface area contributed by atoms with Crippen LogP contribution in [-0.2, 0) is 11.0 Å². The van der Waals surface area contributed by atoms with Gasteiger partial charge in [0.15, 0.2) is 0 Å². The van der Waals surface area contributed by atoms with Crippen LogP contribution in [0.15, 0.2) is 0 Å². The van der Waals surface area contributed by atoms with Crippen LogP contribution in [0.4, 0.5) is 0 Å². The van der Waals surface area contributed by atoms with E-state index in [4.69, 9.17) is 0 Å². The maximum atomic E-state index is 11.6. The fourth-order valence-corrected chi connectivity index (χ4v) is 4.01. The van der Waals surface area contributed by atoms with E-state index in [-0.39, 0.29) is 11.0 Å². The normalized spacial score (nSPS) is 19.3. The van der Waals surface area contributed by atoms with Crippen LogP contribution < -0.4 is 4.72 Å². The van der Waals surface area contributed by atoms with Crippen molar-refractivity contribution in [3.05, 3.63) is 0 Å². The van der Waals surface area contributed by atoms with Crippen LogP contribution >= 0.6 is 0 Å². The van der Waals surface area contributed by atoms with E-state index in [9.17, 15) is 4.21 Å². The largest absolute Gasteiger partial charge is 0.243 e. The predicted octanol–water partition coefficient (Wildman–Crippen LogP) is 4.28. The molecule has 0 aromatic carbocycles. The van der Waals surface area contributed by atoms with Crippen LogP contribution in [0.1, 0.15) is 73.6 Å². The molecule has 2 nitrogen and oxygen atoms in total. The van der Waals surface area contributed by atoms with E-state index in [0.29, 0.717) is 5.92 Å². The predicted molar refractivity (Wildman–Crippen MR) is 83.0 cm³/mol. The van der Waals surface area contributed by atoms with Crippen LogP contribution in [0.25, 0.3) is 0 Å². The fraction of sp³-hybridized carbons (Fsp3) is 1.00. The topological polar surface area (TPSA) is 29.1 Å². The van der Waals surface area contributed by atoms with Crippen molar-refractivity contribution in [2.24, 2.45) is 11.3 Å². The lowest BCUT2D eigenvalue weighted by atomic mass is 9.72. The van der Waals surface area contributed by atoms with E-state index < -0.39 is 11.0 Å². The van der Waals surface area contributed by atoms with Gasteiger partial charge in [0.2, 0.25) is 0 Å². The molecule has 18 heavy (non-hydrogen) atoms. The quantitative estimate of drug-likeness (QED) is 0.704. The summed E-state index contributed by atoms with van der Waals surface area (Å²) in [7, 11) is -0.947. The molecular weight excluding hydrogens is 242 g/mol. The van der Waals surface area contributed by atoms with Crippen molar-refractivity contribution in [3.8, 4) is 0 Å². The second kappa shape index (κ2) is 7.64. The Morgan fingerprint density at radius 1 is 1.17 bits per heavy atom. The van der Waals surface area contributed by atoms with E-state index in [2.05, 4.69) is 46.3 Å². The Morgan fingerprint density at radius 3 is 2.06 bits per heavy atom. The Bertz CT molecular complexity index is 260. The molecule has 3 heteroatoms. The van der Waals surface area contributed by atoms with Gasteiger partial charge >= 0.3 is 0 Å². The average Bonchev–Trinajstić information content (AvgIpc) is 2.13. The third kappa shape index (κ3) is 6.89. The summed E-state index contributed by atoms with van der Waals surface area (Å²) in [5.41, 5.74) is 0.225. The minimum Gasteiger partial charge on any atom is -0.243 e. The van der Waals surface area contributed by atoms with Crippen molar-refractivity contribution in [1.29, 1.82) is 0 Å². The highest BCUT2D eigenvalue weighted by atomic mass is 32.2. The number of hydrogen-bond acceptors (Lipinski definition) is 1. The Balaban J connectivity index is 4.96. The minimum atomic E-state index is -0.947. The van der Waals surface area contributed by atoms with Crippen molar-refractivity contribution >= 4 is 11.0 Å². The molecule has 0 fully saturated rings. The van der Waals surface area contributed by atoms with Crippen molar-refractivity contribution < 1.29 is 4.21 Å². The highest BCUT2D eigenvalue weighted by Crippen LogP contribution is 2.36. The Hall–Kier alpha value is 0.110. The van der Waals surface area contributed by atoms with Crippen LogP contribution in [0.2, 0.25) is 0 Å². The van der Waals surface area contributed by atoms with Gasteiger partial charge in [0.05, 0.1) is 11.0 Å². The molecule has 0 aliphatic heterocycles. The number of unbranched alkanes of at least 4 members (excludes halogenated alkanes) is 1. The smallest absolute Gasteiger partial charge is 0.0888 e. The molecule has 0 aliphatic carbocycles. The highest BCUT2D eigenvalue weighted by molar-refractivity contribution is 7.82. The molecule has 0 amide bonds. The number of nitrogens with one attached hydrogen (secondary N) is 1. The van der Waals surface area contributed by atoms with Crippen molar-refractivity contribution in [2.45, 2.75) is 79.2 Å². The first-order chi connectivity index (χ1) is 8.14. The third-order valence-electron chi connectivity index (χ3n) is 3.57. The summed E-state index contributed by atoms with van der Waals surface area (Å²) >= 11 is 0. The summed E-state index contributed by atoms with van der Waals surface area (Å²) in [6, 6.07) is 0. The van der Waals surface area contributed by atoms with Gasteiger partial charge in [-0.2, -0.15) is 0 Å². The van der Waals surface area contributed by atoms with Gasteiger partial charge in [-0.1, -0.05) is 53.9 Å². The van der Waals surface area contributed by atoms with E-state index in [1.54, 1.807) is 6.26 Å². The Labute approximate surface area is 117 Å².